The number of hydrogen-bond acceptors (Lipinski definition) is 5. The molecule has 0 radical (unpaired) electrons. The van der Waals surface area contributed by atoms with Crippen LogP contribution in [0.4, 0.5) is 5.69 Å². The maximum atomic E-state index is 12.5. The number of anilines is 1. The molecule has 1 fully saturated rings. The smallest absolute Gasteiger partial charge is 0.342 e. The van der Waals surface area contributed by atoms with E-state index in [4.69, 9.17) is 16.3 Å². The van der Waals surface area contributed by atoms with Gasteiger partial charge < -0.3 is 14.7 Å². The van der Waals surface area contributed by atoms with Crippen LogP contribution >= 0.6 is 11.6 Å². The third kappa shape index (κ3) is 4.50. The zero-order chi connectivity index (χ0) is 17.6. The van der Waals surface area contributed by atoms with Gasteiger partial charge >= 0.3 is 5.97 Å². The third-order valence-electron chi connectivity index (χ3n) is 4.49. The molecule has 1 aromatic carbocycles. The van der Waals surface area contributed by atoms with Gasteiger partial charge in [0.05, 0.1) is 5.69 Å². The lowest BCUT2D eigenvalue weighted by Crippen LogP contribution is -2.35. The van der Waals surface area contributed by atoms with Gasteiger partial charge in [-0.05, 0) is 30.4 Å². The summed E-state index contributed by atoms with van der Waals surface area (Å²) in [7, 11) is 0. The topological polar surface area (TPSA) is 62.7 Å². The van der Waals surface area contributed by atoms with Crippen molar-refractivity contribution in [3.05, 3.63) is 58.9 Å². The molecule has 1 aromatic heterocycles. The van der Waals surface area contributed by atoms with Gasteiger partial charge in [-0.15, -0.1) is 0 Å². The molecule has 132 valence electrons. The minimum absolute atomic E-state index is 0.205. The van der Waals surface area contributed by atoms with E-state index in [-0.39, 0.29) is 13.2 Å². The average Bonchev–Trinajstić information content (AvgIpc) is 2.67. The number of carbonyl (C=O) groups excluding carboxylic acids is 1. The number of aliphatic hydroxyl groups excluding tert-OH is 1. The second kappa shape index (κ2) is 8.32. The van der Waals surface area contributed by atoms with Crippen molar-refractivity contribution in [2.45, 2.75) is 19.4 Å². The maximum absolute atomic E-state index is 12.5. The minimum atomic E-state index is -0.410. The largest absolute Gasteiger partial charge is 0.457 e. The van der Waals surface area contributed by atoms with Crippen LogP contribution in [0.2, 0.25) is 5.15 Å². The van der Waals surface area contributed by atoms with Crippen molar-refractivity contribution in [1.29, 1.82) is 0 Å². The summed E-state index contributed by atoms with van der Waals surface area (Å²) in [6.45, 7) is 1.96. The fourth-order valence-corrected chi connectivity index (χ4v) is 3.15. The van der Waals surface area contributed by atoms with E-state index < -0.39 is 5.97 Å². The molecule has 0 amide bonds. The van der Waals surface area contributed by atoms with Crippen LogP contribution in [0.1, 0.15) is 28.8 Å². The Kier molecular flexibility index (Phi) is 5.89. The number of rotatable bonds is 5. The van der Waals surface area contributed by atoms with Gasteiger partial charge in [-0.2, -0.15) is 0 Å². The summed E-state index contributed by atoms with van der Waals surface area (Å²) in [5.74, 6) is -0.0886. The lowest BCUT2D eigenvalue weighted by molar-refractivity contribution is 0.0473. The molecule has 0 aliphatic carbocycles. The van der Waals surface area contributed by atoms with Crippen molar-refractivity contribution in [2.75, 3.05) is 24.6 Å². The first kappa shape index (κ1) is 17.7. The summed E-state index contributed by atoms with van der Waals surface area (Å²) in [5.41, 5.74) is 2.10. The zero-order valence-corrected chi connectivity index (χ0v) is 14.7. The van der Waals surface area contributed by atoms with Crippen molar-refractivity contribution in [2.24, 2.45) is 5.92 Å². The molecule has 1 aliphatic heterocycles. The maximum Gasteiger partial charge on any atom is 0.342 e. The second-order valence-corrected chi connectivity index (χ2v) is 6.59. The highest BCUT2D eigenvalue weighted by Gasteiger charge is 2.24. The Morgan fingerprint density at radius 1 is 1.28 bits per heavy atom. The fraction of sp³-hybridized carbons (Fsp3) is 0.368. The van der Waals surface area contributed by atoms with Crippen LogP contribution in [-0.2, 0) is 11.3 Å². The Balaban J connectivity index is 1.73. The van der Waals surface area contributed by atoms with Crippen LogP contribution in [0, 0.1) is 5.92 Å². The van der Waals surface area contributed by atoms with Crippen LogP contribution in [0.25, 0.3) is 0 Å². The standard InChI is InChI=1S/C19H21ClN2O3/c20-18-10-17(22-8-6-14(12-23)7-9-22)16(11-21-18)19(24)25-13-15-4-2-1-3-5-15/h1-5,10-11,14,23H,6-9,12-13H2. The van der Waals surface area contributed by atoms with Gasteiger partial charge in [0.25, 0.3) is 0 Å². The number of esters is 1. The monoisotopic (exact) mass is 360 g/mol. The zero-order valence-electron chi connectivity index (χ0n) is 13.9. The highest BCUT2D eigenvalue weighted by Crippen LogP contribution is 2.28. The Hall–Kier alpha value is -2.11. The molecule has 6 heteroatoms. The molecule has 0 saturated carbocycles. The van der Waals surface area contributed by atoms with E-state index in [0.29, 0.717) is 16.6 Å². The minimum Gasteiger partial charge on any atom is -0.457 e. The van der Waals surface area contributed by atoms with E-state index in [1.807, 2.05) is 30.3 Å². The van der Waals surface area contributed by atoms with Crippen LogP contribution in [0.3, 0.4) is 0 Å². The molecule has 25 heavy (non-hydrogen) atoms. The fourth-order valence-electron chi connectivity index (χ4n) is 3.00. The normalized spacial score (nSPS) is 15.2. The summed E-state index contributed by atoms with van der Waals surface area (Å²) in [6.07, 6.45) is 3.24. The molecular formula is C19H21ClN2O3. The quantitative estimate of drug-likeness (QED) is 0.654. The van der Waals surface area contributed by atoms with E-state index in [1.54, 1.807) is 6.07 Å². The van der Waals surface area contributed by atoms with E-state index in [0.717, 1.165) is 37.2 Å². The molecule has 0 bridgehead atoms. The molecule has 2 heterocycles. The molecule has 1 saturated heterocycles. The Labute approximate surface area is 152 Å². The summed E-state index contributed by atoms with van der Waals surface area (Å²) >= 11 is 6.04. The summed E-state index contributed by atoms with van der Waals surface area (Å²) in [5, 5.41) is 9.64. The molecule has 1 aliphatic rings. The number of aromatic nitrogens is 1. The number of aliphatic hydroxyl groups is 1. The summed E-state index contributed by atoms with van der Waals surface area (Å²) in [6, 6.07) is 11.3. The second-order valence-electron chi connectivity index (χ2n) is 6.20. The number of benzene rings is 1. The molecule has 1 N–H and O–H groups in total. The number of hydrogen-bond donors (Lipinski definition) is 1. The van der Waals surface area contributed by atoms with Crippen LogP contribution in [-0.4, -0.2) is 35.8 Å². The molecule has 0 unspecified atom stereocenters. The number of ether oxygens (including phenoxy) is 1. The molecule has 3 rings (SSSR count). The number of piperidine rings is 1. The van der Waals surface area contributed by atoms with Gasteiger partial charge in [0.1, 0.15) is 17.3 Å². The van der Waals surface area contributed by atoms with E-state index in [2.05, 4.69) is 9.88 Å². The van der Waals surface area contributed by atoms with Gasteiger partial charge in [-0.3, -0.25) is 0 Å². The van der Waals surface area contributed by atoms with Gasteiger partial charge in [-0.1, -0.05) is 41.9 Å². The average molecular weight is 361 g/mol. The van der Waals surface area contributed by atoms with E-state index >= 15 is 0 Å². The van der Waals surface area contributed by atoms with E-state index in [1.165, 1.54) is 6.20 Å². The number of pyridine rings is 1. The van der Waals surface area contributed by atoms with Gasteiger partial charge in [0.15, 0.2) is 0 Å². The van der Waals surface area contributed by atoms with Crippen LogP contribution in [0.15, 0.2) is 42.6 Å². The van der Waals surface area contributed by atoms with Gasteiger partial charge in [-0.25, -0.2) is 9.78 Å². The SMILES string of the molecule is O=C(OCc1ccccc1)c1cnc(Cl)cc1N1CCC(CO)CC1. The lowest BCUT2D eigenvalue weighted by atomic mass is 9.97. The molecule has 5 nitrogen and oxygen atoms in total. The van der Waals surface area contributed by atoms with Gasteiger partial charge in [0, 0.05) is 25.9 Å². The van der Waals surface area contributed by atoms with Crippen LogP contribution < -0.4 is 4.90 Å². The Morgan fingerprint density at radius 3 is 2.68 bits per heavy atom. The van der Waals surface area contributed by atoms with Crippen molar-refractivity contribution < 1.29 is 14.6 Å². The highest BCUT2D eigenvalue weighted by atomic mass is 35.5. The highest BCUT2D eigenvalue weighted by molar-refractivity contribution is 6.29. The van der Waals surface area contributed by atoms with Crippen molar-refractivity contribution in [1.82, 2.24) is 4.98 Å². The number of carbonyl (C=O) groups is 1. The van der Waals surface area contributed by atoms with Crippen molar-refractivity contribution in [3.8, 4) is 0 Å². The number of nitrogens with zero attached hydrogens (tertiary/aromatic N) is 2. The lowest BCUT2D eigenvalue weighted by Gasteiger charge is -2.33. The Bertz CT molecular complexity index is 716. The molecule has 0 atom stereocenters. The first-order valence-electron chi connectivity index (χ1n) is 8.40. The van der Waals surface area contributed by atoms with Crippen molar-refractivity contribution >= 4 is 23.3 Å². The van der Waals surface area contributed by atoms with Crippen LogP contribution in [0.5, 0.6) is 0 Å². The third-order valence-corrected chi connectivity index (χ3v) is 4.70. The predicted octanol–water partition coefficient (Wildman–Crippen LogP) is 3.30. The first-order valence-corrected chi connectivity index (χ1v) is 8.77. The summed E-state index contributed by atoms with van der Waals surface area (Å²) in [4.78, 5) is 18.7. The summed E-state index contributed by atoms with van der Waals surface area (Å²) < 4.78 is 5.44. The first-order chi connectivity index (χ1) is 12.2. The molecule has 2 aromatic rings. The Morgan fingerprint density at radius 2 is 2.00 bits per heavy atom. The molecule has 0 spiro atoms. The van der Waals surface area contributed by atoms with Gasteiger partial charge in [0.2, 0.25) is 0 Å². The predicted molar refractivity (Wildman–Crippen MR) is 96.8 cm³/mol. The van der Waals surface area contributed by atoms with Crippen molar-refractivity contribution in [3.63, 3.8) is 0 Å². The van der Waals surface area contributed by atoms with E-state index in [9.17, 15) is 9.90 Å². The molecular weight excluding hydrogens is 340 g/mol. The number of halogens is 1.